The molecule has 1 heterocycles. The molecule has 0 saturated heterocycles. The Bertz CT molecular complexity index is 917. The van der Waals surface area contributed by atoms with Crippen molar-refractivity contribution in [1.29, 1.82) is 0 Å². The lowest BCUT2D eigenvalue weighted by molar-refractivity contribution is 0.205. The fraction of sp³-hybridized carbons (Fsp3) is 0.409. The molecular weight excluding hydrogens is 338 g/mol. The number of ether oxygens (including phenoxy) is 2. The number of benzene rings is 2. The Morgan fingerprint density at radius 3 is 2.56 bits per heavy atom. The molecule has 0 atom stereocenters. The van der Waals surface area contributed by atoms with Crippen LogP contribution >= 0.6 is 0 Å². The van der Waals surface area contributed by atoms with Crippen molar-refractivity contribution in [2.24, 2.45) is 7.05 Å². The third kappa shape index (κ3) is 3.78. The van der Waals surface area contributed by atoms with Gasteiger partial charge in [-0.1, -0.05) is 25.1 Å². The maximum Gasteiger partial charge on any atom is 0.134 e. The summed E-state index contributed by atoms with van der Waals surface area (Å²) in [5.74, 6) is 2.02. The summed E-state index contributed by atoms with van der Waals surface area (Å²) in [5.41, 5.74) is 4.54. The first-order valence-corrected chi connectivity index (χ1v) is 9.45. The average Bonchev–Trinajstić information content (AvgIpc) is 3.01. The number of hydrogen-bond acceptors (Lipinski definition) is 4. The van der Waals surface area contributed by atoms with Crippen LogP contribution in [0, 0.1) is 6.92 Å². The van der Waals surface area contributed by atoms with Crippen molar-refractivity contribution in [1.82, 2.24) is 9.78 Å². The van der Waals surface area contributed by atoms with Gasteiger partial charge in [-0.15, -0.1) is 0 Å². The summed E-state index contributed by atoms with van der Waals surface area (Å²) in [7, 11) is 5.47. The van der Waals surface area contributed by atoms with E-state index in [-0.39, 0.29) is 0 Å². The van der Waals surface area contributed by atoms with E-state index < -0.39 is 0 Å². The quantitative estimate of drug-likeness (QED) is 0.591. The summed E-state index contributed by atoms with van der Waals surface area (Å²) in [6.07, 6.45) is 1.08. The van der Waals surface area contributed by atoms with E-state index in [2.05, 4.69) is 49.1 Å². The summed E-state index contributed by atoms with van der Waals surface area (Å²) in [4.78, 5) is 2.36. The molecule has 0 radical (unpaired) electrons. The Hall–Kier alpha value is -2.53. The van der Waals surface area contributed by atoms with Crippen LogP contribution in [0.25, 0.3) is 22.0 Å². The molecule has 0 amide bonds. The van der Waals surface area contributed by atoms with Crippen LogP contribution < -0.4 is 9.64 Å². The van der Waals surface area contributed by atoms with Gasteiger partial charge in [0, 0.05) is 38.2 Å². The van der Waals surface area contributed by atoms with E-state index in [1.54, 1.807) is 14.2 Å². The Balaban J connectivity index is 2.13. The number of rotatable bonds is 8. The lowest BCUT2D eigenvalue weighted by atomic mass is 9.98. The third-order valence-corrected chi connectivity index (χ3v) is 4.92. The van der Waals surface area contributed by atoms with Crippen molar-refractivity contribution >= 4 is 16.7 Å². The molecule has 0 unspecified atom stereocenters. The number of anilines is 1. The maximum atomic E-state index is 5.35. The van der Waals surface area contributed by atoms with Gasteiger partial charge in [0.15, 0.2) is 0 Å². The predicted octanol–water partition coefficient (Wildman–Crippen LogP) is 4.42. The van der Waals surface area contributed by atoms with Gasteiger partial charge in [0.05, 0.1) is 13.7 Å². The van der Waals surface area contributed by atoms with Gasteiger partial charge < -0.3 is 14.4 Å². The normalized spacial score (nSPS) is 11.1. The first kappa shape index (κ1) is 19.2. The molecule has 5 heteroatoms. The summed E-state index contributed by atoms with van der Waals surface area (Å²) in [6, 6.07) is 12.6. The second-order valence-corrected chi connectivity index (χ2v) is 6.81. The SMILES string of the molecule is CCCN(CCOC)c1c2cccc(-c3ccc(OC)cc3C)c2nn1C. The Morgan fingerprint density at radius 2 is 1.89 bits per heavy atom. The van der Waals surface area contributed by atoms with Crippen molar-refractivity contribution in [3.05, 3.63) is 42.0 Å². The van der Waals surface area contributed by atoms with Crippen molar-refractivity contribution in [2.75, 3.05) is 38.8 Å². The number of aryl methyl sites for hydroxylation is 2. The van der Waals surface area contributed by atoms with Crippen molar-refractivity contribution in [3.8, 4) is 16.9 Å². The molecule has 0 spiro atoms. The summed E-state index contributed by atoms with van der Waals surface area (Å²) >= 11 is 0. The zero-order valence-electron chi connectivity index (χ0n) is 17.0. The lowest BCUT2D eigenvalue weighted by Gasteiger charge is -2.24. The molecule has 0 N–H and O–H groups in total. The summed E-state index contributed by atoms with van der Waals surface area (Å²) in [5, 5.41) is 6.06. The number of methoxy groups -OCH3 is 2. The van der Waals surface area contributed by atoms with E-state index in [4.69, 9.17) is 14.6 Å². The fourth-order valence-corrected chi connectivity index (χ4v) is 3.66. The average molecular weight is 367 g/mol. The molecule has 1 aromatic heterocycles. The van der Waals surface area contributed by atoms with Crippen LogP contribution in [-0.2, 0) is 11.8 Å². The lowest BCUT2D eigenvalue weighted by Crippen LogP contribution is -2.29. The second kappa shape index (κ2) is 8.44. The van der Waals surface area contributed by atoms with Crippen LogP contribution in [0.4, 0.5) is 5.82 Å². The molecule has 0 aliphatic carbocycles. The highest BCUT2D eigenvalue weighted by Crippen LogP contribution is 2.35. The number of hydrogen-bond donors (Lipinski definition) is 0. The van der Waals surface area contributed by atoms with Gasteiger partial charge in [0.2, 0.25) is 0 Å². The van der Waals surface area contributed by atoms with Crippen LogP contribution in [0.1, 0.15) is 18.9 Å². The van der Waals surface area contributed by atoms with Crippen molar-refractivity contribution in [2.45, 2.75) is 20.3 Å². The number of nitrogens with zero attached hydrogens (tertiary/aromatic N) is 3. The van der Waals surface area contributed by atoms with Crippen LogP contribution in [0.3, 0.4) is 0 Å². The van der Waals surface area contributed by atoms with Crippen molar-refractivity contribution < 1.29 is 9.47 Å². The molecule has 27 heavy (non-hydrogen) atoms. The van der Waals surface area contributed by atoms with Gasteiger partial charge in [-0.2, -0.15) is 5.10 Å². The van der Waals surface area contributed by atoms with E-state index in [9.17, 15) is 0 Å². The topological polar surface area (TPSA) is 39.5 Å². The molecule has 0 aliphatic heterocycles. The molecule has 0 bridgehead atoms. The van der Waals surface area contributed by atoms with Gasteiger partial charge in [0.25, 0.3) is 0 Å². The minimum Gasteiger partial charge on any atom is -0.497 e. The van der Waals surface area contributed by atoms with E-state index >= 15 is 0 Å². The summed E-state index contributed by atoms with van der Waals surface area (Å²) < 4.78 is 12.7. The molecule has 0 aliphatic rings. The molecule has 3 aromatic rings. The monoisotopic (exact) mass is 367 g/mol. The zero-order valence-corrected chi connectivity index (χ0v) is 17.0. The fourth-order valence-electron chi connectivity index (χ4n) is 3.66. The summed E-state index contributed by atoms with van der Waals surface area (Å²) in [6.45, 7) is 6.84. The zero-order chi connectivity index (χ0) is 19.4. The molecule has 144 valence electrons. The first-order valence-electron chi connectivity index (χ1n) is 9.45. The first-order chi connectivity index (χ1) is 13.1. The van der Waals surface area contributed by atoms with Crippen molar-refractivity contribution in [3.63, 3.8) is 0 Å². The van der Waals surface area contributed by atoms with E-state index in [0.717, 1.165) is 42.2 Å². The Kier molecular flexibility index (Phi) is 6.01. The highest BCUT2D eigenvalue weighted by Gasteiger charge is 2.18. The maximum absolute atomic E-state index is 5.35. The molecule has 0 saturated carbocycles. The van der Waals surface area contributed by atoms with E-state index in [1.165, 1.54) is 16.5 Å². The molecule has 2 aromatic carbocycles. The van der Waals surface area contributed by atoms with Gasteiger partial charge in [0.1, 0.15) is 17.1 Å². The van der Waals surface area contributed by atoms with Gasteiger partial charge in [-0.05, 0) is 42.7 Å². The highest BCUT2D eigenvalue weighted by molar-refractivity contribution is 6.00. The Labute approximate surface area is 161 Å². The molecule has 5 nitrogen and oxygen atoms in total. The molecule has 0 fully saturated rings. The standard InChI is InChI=1S/C22H29N3O2/c1-6-12-25(13-14-26-4)22-20-9-7-8-19(21(20)23-24(22)3)18-11-10-17(27-5)15-16(18)2/h7-11,15H,6,12-14H2,1-5H3. The predicted molar refractivity (Wildman–Crippen MR) is 112 cm³/mol. The van der Waals surface area contributed by atoms with Gasteiger partial charge >= 0.3 is 0 Å². The minimum absolute atomic E-state index is 0.698. The second-order valence-electron chi connectivity index (χ2n) is 6.81. The van der Waals surface area contributed by atoms with E-state index in [0.29, 0.717) is 6.61 Å². The smallest absolute Gasteiger partial charge is 0.134 e. The molecule has 3 rings (SSSR count). The van der Waals surface area contributed by atoms with Crippen LogP contribution in [0.15, 0.2) is 36.4 Å². The largest absolute Gasteiger partial charge is 0.497 e. The van der Waals surface area contributed by atoms with Gasteiger partial charge in [-0.25, -0.2) is 0 Å². The van der Waals surface area contributed by atoms with Gasteiger partial charge in [-0.3, -0.25) is 4.68 Å². The number of fused-ring (bicyclic) bond motifs is 1. The van der Waals surface area contributed by atoms with E-state index in [1.807, 2.05) is 17.8 Å². The third-order valence-electron chi connectivity index (χ3n) is 4.92. The highest BCUT2D eigenvalue weighted by atomic mass is 16.5. The van der Waals surface area contributed by atoms with Crippen LogP contribution in [0.2, 0.25) is 0 Å². The molecular formula is C22H29N3O2. The number of aromatic nitrogens is 2. The van der Waals surface area contributed by atoms with Crippen LogP contribution in [0.5, 0.6) is 5.75 Å². The Morgan fingerprint density at radius 1 is 1.07 bits per heavy atom. The van der Waals surface area contributed by atoms with Crippen LogP contribution in [-0.4, -0.2) is 43.7 Å². The minimum atomic E-state index is 0.698.